The molecule has 0 aliphatic rings. The molecule has 3 N–H and O–H groups in total. The first-order valence-corrected chi connectivity index (χ1v) is 5.41. The molecule has 84 valence electrons. The highest BCUT2D eigenvalue weighted by molar-refractivity contribution is 9.10. The number of rotatable bonds is 2. The standard InChI is InChI=1S/C9H11BrN6/c1-5-6(4-16(2)15-5)12-9-13-7(10)3-8(11)14-9/h3-4H,1-2H3,(H3,11,12,13,14). The molecule has 0 radical (unpaired) electrons. The molecular weight excluding hydrogens is 272 g/mol. The first-order chi connectivity index (χ1) is 7.54. The first-order valence-electron chi connectivity index (χ1n) is 4.62. The molecule has 16 heavy (non-hydrogen) atoms. The zero-order valence-corrected chi connectivity index (χ0v) is 10.5. The van der Waals surface area contributed by atoms with Gasteiger partial charge in [0, 0.05) is 19.3 Å². The maximum Gasteiger partial charge on any atom is 0.230 e. The van der Waals surface area contributed by atoms with Crippen LogP contribution in [0.1, 0.15) is 5.69 Å². The number of nitrogen functional groups attached to an aromatic ring is 1. The quantitative estimate of drug-likeness (QED) is 0.818. The fourth-order valence-corrected chi connectivity index (χ4v) is 1.74. The van der Waals surface area contributed by atoms with Gasteiger partial charge >= 0.3 is 0 Å². The zero-order chi connectivity index (χ0) is 11.7. The summed E-state index contributed by atoms with van der Waals surface area (Å²) in [4.78, 5) is 8.23. The van der Waals surface area contributed by atoms with Crippen LogP contribution in [0.3, 0.4) is 0 Å². The Morgan fingerprint density at radius 1 is 1.44 bits per heavy atom. The van der Waals surface area contributed by atoms with Gasteiger partial charge in [0.15, 0.2) is 0 Å². The van der Waals surface area contributed by atoms with Crippen LogP contribution < -0.4 is 11.1 Å². The average Bonchev–Trinajstić information content (AvgIpc) is 2.43. The average molecular weight is 283 g/mol. The molecule has 0 saturated carbocycles. The second-order valence-corrected chi connectivity index (χ2v) is 4.18. The topological polar surface area (TPSA) is 81.7 Å². The van der Waals surface area contributed by atoms with Crippen molar-refractivity contribution in [1.29, 1.82) is 0 Å². The lowest BCUT2D eigenvalue weighted by atomic mass is 10.4. The highest BCUT2D eigenvalue weighted by Crippen LogP contribution is 2.19. The van der Waals surface area contributed by atoms with Crippen LogP contribution in [0.2, 0.25) is 0 Å². The molecule has 0 aromatic carbocycles. The van der Waals surface area contributed by atoms with Gasteiger partial charge in [0.05, 0.1) is 11.4 Å². The predicted molar refractivity (Wildman–Crippen MR) is 65.4 cm³/mol. The highest BCUT2D eigenvalue weighted by atomic mass is 79.9. The Balaban J connectivity index is 2.30. The third kappa shape index (κ3) is 2.30. The molecule has 2 heterocycles. The Hall–Kier alpha value is -1.63. The van der Waals surface area contributed by atoms with E-state index in [9.17, 15) is 0 Å². The van der Waals surface area contributed by atoms with Crippen LogP contribution in [-0.2, 0) is 7.05 Å². The minimum atomic E-state index is 0.408. The Morgan fingerprint density at radius 3 is 2.75 bits per heavy atom. The zero-order valence-electron chi connectivity index (χ0n) is 8.90. The summed E-state index contributed by atoms with van der Waals surface area (Å²) in [5, 5.41) is 7.27. The molecule has 0 fully saturated rings. The van der Waals surface area contributed by atoms with E-state index in [1.807, 2.05) is 20.2 Å². The summed E-state index contributed by atoms with van der Waals surface area (Å²) in [6, 6.07) is 1.64. The van der Waals surface area contributed by atoms with Crippen LogP contribution in [0.4, 0.5) is 17.5 Å². The fourth-order valence-electron chi connectivity index (χ4n) is 1.33. The van der Waals surface area contributed by atoms with E-state index in [1.165, 1.54) is 0 Å². The third-order valence-corrected chi connectivity index (χ3v) is 2.38. The van der Waals surface area contributed by atoms with Crippen molar-refractivity contribution in [3.8, 4) is 0 Å². The van der Waals surface area contributed by atoms with E-state index in [2.05, 4.69) is 36.3 Å². The molecule has 0 amide bonds. The van der Waals surface area contributed by atoms with Crippen LogP contribution >= 0.6 is 15.9 Å². The Morgan fingerprint density at radius 2 is 2.19 bits per heavy atom. The lowest BCUT2D eigenvalue weighted by Gasteiger charge is -2.03. The van der Waals surface area contributed by atoms with Crippen molar-refractivity contribution in [3.05, 3.63) is 22.6 Å². The van der Waals surface area contributed by atoms with Gasteiger partial charge in [-0.15, -0.1) is 0 Å². The minimum Gasteiger partial charge on any atom is -0.383 e. The summed E-state index contributed by atoms with van der Waals surface area (Å²) in [5.41, 5.74) is 7.35. The fraction of sp³-hybridized carbons (Fsp3) is 0.222. The maximum atomic E-state index is 5.61. The van der Waals surface area contributed by atoms with Gasteiger partial charge in [-0.2, -0.15) is 10.1 Å². The molecule has 0 aliphatic heterocycles. The Kier molecular flexibility index (Phi) is 2.78. The van der Waals surface area contributed by atoms with E-state index < -0.39 is 0 Å². The van der Waals surface area contributed by atoms with Crippen molar-refractivity contribution in [2.75, 3.05) is 11.1 Å². The Bertz CT molecular complexity index is 500. The van der Waals surface area contributed by atoms with E-state index in [0.717, 1.165) is 11.4 Å². The molecule has 0 saturated heterocycles. The molecule has 0 unspecified atom stereocenters. The number of nitrogens with zero attached hydrogens (tertiary/aromatic N) is 4. The van der Waals surface area contributed by atoms with Gasteiger partial charge in [0.2, 0.25) is 5.95 Å². The second kappa shape index (κ2) is 4.09. The number of nitrogens with one attached hydrogen (secondary N) is 1. The largest absolute Gasteiger partial charge is 0.383 e. The predicted octanol–water partition coefficient (Wildman–Crippen LogP) is 1.61. The van der Waals surface area contributed by atoms with E-state index >= 15 is 0 Å². The van der Waals surface area contributed by atoms with Crippen molar-refractivity contribution in [3.63, 3.8) is 0 Å². The van der Waals surface area contributed by atoms with Gasteiger partial charge in [-0.25, -0.2) is 4.98 Å². The number of hydrogen-bond acceptors (Lipinski definition) is 5. The molecule has 0 atom stereocenters. The van der Waals surface area contributed by atoms with Gasteiger partial charge in [0.25, 0.3) is 0 Å². The number of anilines is 3. The van der Waals surface area contributed by atoms with Crippen LogP contribution in [0.5, 0.6) is 0 Å². The van der Waals surface area contributed by atoms with E-state index in [4.69, 9.17) is 5.73 Å². The highest BCUT2D eigenvalue weighted by Gasteiger charge is 2.06. The van der Waals surface area contributed by atoms with E-state index in [0.29, 0.717) is 16.4 Å². The van der Waals surface area contributed by atoms with E-state index in [-0.39, 0.29) is 0 Å². The molecule has 7 heteroatoms. The lowest BCUT2D eigenvalue weighted by Crippen LogP contribution is -2.00. The number of aryl methyl sites for hydroxylation is 2. The molecular formula is C9H11BrN6. The normalized spacial score (nSPS) is 10.4. The number of nitrogens with two attached hydrogens (primary N) is 1. The van der Waals surface area contributed by atoms with Crippen molar-refractivity contribution < 1.29 is 0 Å². The van der Waals surface area contributed by atoms with Gasteiger partial charge in [-0.3, -0.25) is 4.68 Å². The number of hydrogen-bond donors (Lipinski definition) is 2. The first kappa shape index (κ1) is 10.9. The van der Waals surface area contributed by atoms with Crippen molar-refractivity contribution >= 4 is 33.4 Å². The third-order valence-electron chi connectivity index (χ3n) is 1.97. The Labute approximate surface area is 101 Å². The van der Waals surface area contributed by atoms with Crippen molar-refractivity contribution in [2.45, 2.75) is 6.92 Å². The molecule has 2 rings (SSSR count). The number of aromatic nitrogens is 4. The van der Waals surface area contributed by atoms with Crippen LogP contribution in [0.15, 0.2) is 16.9 Å². The van der Waals surface area contributed by atoms with Gasteiger partial charge in [0.1, 0.15) is 10.4 Å². The van der Waals surface area contributed by atoms with Gasteiger partial charge < -0.3 is 11.1 Å². The molecule has 0 bridgehead atoms. The summed E-state index contributed by atoms with van der Waals surface area (Å²) < 4.78 is 2.36. The second-order valence-electron chi connectivity index (χ2n) is 3.37. The minimum absolute atomic E-state index is 0.408. The smallest absolute Gasteiger partial charge is 0.230 e. The molecule has 2 aromatic heterocycles. The van der Waals surface area contributed by atoms with Crippen LogP contribution in [-0.4, -0.2) is 19.7 Å². The summed E-state index contributed by atoms with van der Waals surface area (Å²) in [5.74, 6) is 0.855. The van der Waals surface area contributed by atoms with Crippen LogP contribution in [0.25, 0.3) is 0 Å². The van der Waals surface area contributed by atoms with Crippen molar-refractivity contribution in [1.82, 2.24) is 19.7 Å². The van der Waals surface area contributed by atoms with E-state index in [1.54, 1.807) is 10.7 Å². The monoisotopic (exact) mass is 282 g/mol. The summed E-state index contributed by atoms with van der Waals surface area (Å²) >= 11 is 3.26. The number of halogens is 1. The van der Waals surface area contributed by atoms with Crippen molar-refractivity contribution in [2.24, 2.45) is 7.05 Å². The lowest BCUT2D eigenvalue weighted by molar-refractivity contribution is 0.756. The van der Waals surface area contributed by atoms with Crippen LogP contribution in [0, 0.1) is 6.92 Å². The molecule has 0 spiro atoms. The summed E-state index contributed by atoms with van der Waals surface area (Å²) in [6.45, 7) is 1.91. The SMILES string of the molecule is Cc1nn(C)cc1Nc1nc(N)cc(Br)n1. The van der Waals surface area contributed by atoms with Gasteiger partial charge in [-0.05, 0) is 22.9 Å². The molecule has 6 nitrogen and oxygen atoms in total. The van der Waals surface area contributed by atoms with Gasteiger partial charge in [-0.1, -0.05) is 0 Å². The molecule has 0 aliphatic carbocycles. The summed E-state index contributed by atoms with van der Waals surface area (Å²) in [6.07, 6.45) is 1.86. The molecule has 2 aromatic rings. The summed E-state index contributed by atoms with van der Waals surface area (Å²) in [7, 11) is 1.86. The maximum absolute atomic E-state index is 5.61.